The fourth-order valence-corrected chi connectivity index (χ4v) is 3.16. The van der Waals surface area contributed by atoms with Gasteiger partial charge in [-0.05, 0) is 36.4 Å². The average molecular weight is 500 g/mol. The maximum absolute atomic E-state index is 12.8. The van der Waals surface area contributed by atoms with Crippen LogP contribution >= 0.6 is 11.6 Å². The number of halogens is 1. The molecule has 0 bridgehead atoms. The minimum Gasteiger partial charge on any atom is -0.496 e. The summed E-state index contributed by atoms with van der Waals surface area (Å²) in [6.45, 7) is 4.58. The highest BCUT2D eigenvalue weighted by atomic mass is 35.5. The molecule has 0 spiro atoms. The number of nitrogens with zero attached hydrogens (tertiary/aromatic N) is 1. The molecule has 0 amide bonds. The molecule has 180 valence electrons. The van der Waals surface area contributed by atoms with Crippen LogP contribution in [0.2, 0.25) is 5.02 Å². The Morgan fingerprint density at radius 1 is 1.15 bits per heavy atom. The fourth-order valence-electron chi connectivity index (χ4n) is 2.99. The van der Waals surface area contributed by atoms with Crippen molar-refractivity contribution in [2.45, 2.75) is 0 Å². The van der Waals surface area contributed by atoms with Crippen LogP contribution in [-0.4, -0.2) is 74.8 Å². The molecule has 9 nitrogen and oxygen atoms in total. The van der Waals surface area contributed by atoms with Gasteiger partial charge in [-0.15, -0.1) is 0 Å². The van der Waals surface area contributed by atoms with E-state index in [1.54, 1.807) is 31.4 Å². The third kappa shape index (κ3) is 10.3. The summed E-state index contributed by atoms with van der Waals surface area (Å²) in [7, 11) is -3.06. The van der Waals surface area contributed by atoms with Gasteiger partial charge in [0.05, 0.1) is 25.9 Å². The van der Waals surface area contributed by atoms with Gasteiger partial charge in [0, 0.05) is 30.2 Å². The molecule has 11 heteroatoms. The van der Waals surface area contributed by atoms with E-state index in [1.165, 1.54) is 6.08 Å². The summed E-state index contributed by atoms with van der Waals surface area (Å²) in [4.78, 5) is 15.0. The van der Waals surface area contributed by atoms with Crippen LogP contribution in [0.3, 0.4) is 0 Å². The van der Waals surface area contributed by atoms with Crippen LogP contribution in [-0.2, 0) is 15.1 Å². The molecule has 1 heterocycles. The SMILES string of the molecule is COc1ccccc1/C=C/C(=O)c1cc(Cl)ccc1OCCN1CCOCC1.O=S(=O)(O)O. The Kier molecular flexibility index (Phi) is 10.8. The van der Waals surface area contributed by atoms with Gasteiger partial charge in [-0.1, -0.05) is 29.8 Å². The smallest absolute Gasteiger partial charge is 0.394 e. The summed E-state index contributed by atoms with van der Waals surface area (Å²) in [6, 6.07) is 12.6. The predicted molar refractivity (Wildman–Crippen MR) is 125 cm³/mol. The summed E-state index contributed by atoms with van der Waals surface area (Å²) in [6.07, 6.45) is 3.25. The Balaban J connectivity index is 0.000000696. The van der Waals surface area contributed by atoms with Crippen molar-refractivity contribution >= 4 is 33.9 Å². The number of benzene rings is 2. The van der Waals surface area contributed by atoms with Gasteiger partial charge in [-0.3, -0.25) is 18.8 Å². The highest BCUT2D eigenvalue weighted by molar-refractivity contribution is 7.79. The summed E-state index contributed by atoms with van der Waals surface area (Å²) < 4.78 is 48.1. The monoisotopic (exact) mass is 499 g/mol. The van der Waals surface area contributed by atoms with E-state index in [1.807, 2.05) is 24.3 Å². The minimum absolute atomic E-state index is 0.172. The molecule has 2 N–H and O–H groups in total. The molecule has 0 unspecified atom stereocenters. The third-order valence-electron chi connectivity index (χ3n) is 4.53. The topological polar surface area (TPSA) is 123 Å². The minimum atomic E-state index is -4.67. The number of hydrogen-bond donors (Lipinski definition) is 2. The van der Waals surface area contributed by atoms with E-state index >= 15 is 0 Å². The van der Waals surface area contributed by atoms with Gasteiger partial charge in [0.1, 0.15) is 18.1 Å². The van der Waals surface area contributed by atoms with Crippen LogP contribution in [0.4, 0.5) is 0 Å². The zero-order valence-corrected chi connectivity index (χ0v) is 19.6. The molecule has 0 aliphatic carbocycles. The number of ether oxygens (including phenoxy) is 3. The first kappa shape index (κ1) is 26.8. The molecule has 1 aliphatic rings. The zero-order valence-electron chi connectivity index (χ0n) is 18.0. The van der Waals surface area contributed by atoms with E-state index < -0.39 is 10.4 Å². The van der Waals surface area contributed by atoms with Crippen LogP contribution in [0, 0.1) is 0 Å². The number of ketones is 1. The Bertz CT molecular complexity index is 1040. The molecule has 3 rings (SSSR count). The Hall–Kier alpha value is -2.47. The van der Waals surface area contributed by atoms with Gasteiger partial charge in [0.2, 0.25) is 0 Å². The highest BCUT2D eigenvalue weighted by Gasteiger charge is 2.14. The molecule has 33 heavy (non-hydrogen) atoms. The number of morpholine rings is 1. The Labute approximate surface area is 198 Å². The van der Waals surface area contributed by atoms with Crippen molar-refractivity contribution in [1.29, 1.82) is 0 Å². The Morgan fingerprint density at radius 3 is 2.48 bits per heavy atom. The number of allylic oxidation sites excluding steroid dienone is 1. The fraction of sp³-hybridized carbons (Fsp3) is 0.318. The largest absolute Gasteiger partial charge is 0.496 e. The normalized spacial score (nSPS) is 14.4. The molecular weight excluding hydrogens is 474 g/mol. The first-order valence-electron chi connectivity index (χ1n) is 9.95. The van der Waals surface area contributed by atoms with Crippen molar-refractivity contribution in [3.05, 3.63) is 64.7 Å². The predicted octanol–water partition coefficient (Wildman–Crippen LogP) is 3.30. The highest BCUT2D eigenvalue weighted by Crippen LogP contribution is 2.25. The second-order valence-corrected chi connectivity index (χ2v) is 8.16. The second kappa shape index (κ2) is 13.3. The molecule has 0 radical (unpaired) electrons. The van der Waals surface area contributed by atoms with Crippen LogP contribution in [0.5, 0.6) is 11.5 Å². The third-order valence-corrected chi connectivity index (χ3v) is 4.76. The molecule has 2 aromatic carbocycles. The molecule has 1 saturated heterocycles. The molecule has 2 aromatic rings. The van der Waals surface area contributed by atoms with Crippen LogP contribution in [0.25, 0.3) is 6.08 Å². The molecular formula is C22H26ClNO8S. The lowest BCUT2D eigenvalue weighted by Crippen LogP contribution is -2.38. The molecule has 1 aliphatic heterocycles. The quantitative estimate of drug-likeness (QED) is 0.320. The summed E-state index contributed by atoms with van der Waals surface area (Å²) in [5.74, 6) is 1.07. The number of carbonyl (C=O) groups is 1. The molecule has 0 saturated carbocycles. The average Bonchev–Trinajstić information content (AvgIpc) is 2.78. The maximum atomic E-state index is 12.8. The standard InChI is InChI=1S/C22H24ClNO4.H2O4S/c1-26-21-5-3-2-4-17(21)6-8-20(25)19-16-18(23)7-9-22(19)28-15-12-24-10-13-27-14-11-24;1-5(2,3)4/h2-9,16H,10-15H2,1H3;(H2,1,2,3,4)/b8-6+;. The van der Waals surface area contributed by atoms with E-state index in [-0.39, 0.29) is 5.78 Å². The van der Waals surface area contributed by atoms with E-state index in [2.05, 4.69) is 4.90 Å². The lowest BCUT2D eigenvalue weighted by Gasteiger charge is -2.26. The van der Waals surface area contributed by atoms with Gasteiger partial charge in [-0.2, -0.15) is 8.42 Å². The number of carbonyl (C=O) groups excluding carboxylic acids is 1. The van der Waals surface area contributed by atoms with Crippen LogP contribution in [0.15, 0.2) is 48.5 Å². The van der Waals surface area contributed by atoms with E-state index in [0.717, 1.165) is 38.4 Å². The van der Waals surface area contributed by atoms with Gasteiger partial charge >= 0.3 is 10.4 Å². The van der Waals surface area contributed by atoms with E-state index in [4.69, 9.17) is 43.3 Å². The summed E-state index contributed by atoms with van der Waals surface area (Å²) in [5, 5.41) is 0.495. The lowest BCUT2D eigenvalue weighted by atomic mass is 10.1. The van der Waals surface area contributed by atoms with Crippen molar-refractivity contribution in [2.24, 2.45) is 0 Å². The second-order valence-electron chi connectivity index (χ2n) is 6.83. The van der Waals surface area contributed by atoms with Crippen LogP contribution < -0.4 is 9.47 Å². The maximum Gasteiger partial charge on any atom is 0.394 e. The Morgan fingerprint density at radius 2 is 1.82 bits per heavy atom. The number of hydrogen-bond acceptors (Lipinski definition) is 7. The van der Waals surface area contributed by atoms with Crippen molar-refractivity contribution in [3.63, 3.8) is 0 Å². The number of rotatable bonds is 8. The van der Waals surface area contributed by atoms with E-state index in [9.17, 15) is 4.79 Å². The van der Waals surface area contributed by atoms with Gasteiger partial charge in [0.25, 0.3) is 0 Å². The first-order chi connectivity index (χ1) is 15.7. The van der Waals surface area contributed by atoms with E-state index in [0.29, 0.717) is 28.7 Å². The van der Waals surface area contributed by atoms with Gasteiger partial charge < -0.3 is 14.2 Å². The van der Waals surface area contributed by atoms with Crippen LogP contribution in [0.1, 0.15) is 15.9 Å². The van der Waals surface area contributed by atoms with Crippen molar-refractivity contribution in [2.75, 3.05) is 46.6 Å². The molecule has 0 atom stereocenters. The molecule has 1 fully saturated rings. The summed E-state index contributed by atoms with van der Waals surface area (Å²) >= 11 is 6.11. The summed E-state index contributed by atoms with van der Waals surface area (Å²) in [5.41, 5.74) is 1.27. The first-order valence-corrected chi connectivity index (χ1v) is 11.7. The van der Waals surface area contributed by atoms with Gasteiger partial charge in [-0.25, -0.2) is 0 Å². The number of methoxy groups -OCH3 is 1. The number of para-hydroxylation sites is 1. The lowest BCUT2D eigenvalue weighted by molar-refractivity contribution is 0.0322. The van der Waals surface area contributed by atoms with Crippen molar-refractivity contribution in [3.8, 4) is 11.5 Å². The van der Waals surface area contributed by atoms with Crippen molar-refractivity contribution in [1.82, 2.24) is 4.90 Å². The van der Waals surface area contributed by atoms with Crippen molar-refractivity contribution < 1.29 is 36.5 Å². The molecule has 0 aromatic heterocycles. The van der Waals surface area contributed by atoms with Gasteiger partial charge in [0.15, 0.2) is 5.78 Å². The zero-order chi connectivity index (χ0) is 24.3.